The third kappa shape index (κ3) is 4.67. The van der Waals surface area contributed by atoms with E-state index in [4.69, 9.17) is 0 Å². The average Bonchev–Trinajstić information content (AvgIpc) is 2.57. The maximum absolute atomic E-state index is 12.5. The summed E-state index contributed by atoms with van der Waals surface area (Å²) in [6.45, 7) is 7.94. The van der Waals surface area contributed by atoms with Crippen LogP contribution in [0, 0.1) is 25.2 Å². The summed E-state index contributed by atoms with van der Waals surface area (Å²) in [7, 11) is 0. The fraction of sp³-hybridized carbons (Fsp3) is 0.250. The number of rotatable bonds is 5. The number of anilines is 2. The first-order chi connectivity index (χ1) is 11.9. The summed E-state index contributed by atoms with van der Waals surface area (Å²) in [5.74, 6) is 0.400. The second kappa shape index (κ2) is 8.11. The van der Waals surface area contributed by atoms with E-state index in [1.54, 1.807) is 6.07 Å². The Morgan fingerprint density at radius 2 is 1.92 bits per heavy atom. The van der Waals surface area contributed by atoms with Crippen LogP contribution in [0.15, 0.2) is 48.2 Å². The Balaban J connectivity index is 2.21. The zero-order valence-electron chi connectivity index (χ0n) is 14.9. The Hall–Kier alpha value is -3.13. The van der Waals surface area contributed by atoms with Crippen molar-refractivity contribution in [3.05, 3.63) is 65.0 Å². The van der Waals surface area contributed by atoms with Gasteiger partial charge in [0, 0.05) is 17.6 Å². The molecule has 5 nitrogen and oxygen atoms in total. The number of carbonyl (C=O) groups excluding carboxylic acids is 1. The molecule has 1 aromatic heterocycles. The van der Waals surface area contributed by atoms with Crippen LogP contribution in [0.5, 0.6) is 0 Å². The maximum atomic E-state index is 12.5. The van der Waals surface area contributed by atoms with E-state index < -0.39 is 5.91 Å². The quantitative estimate of drug-likeness (QED) is 0.632. The molecular formula is C20H22N4O. The van der Waals surface area contributed by atoms with Crippen molar-refractivity contribution in [1.29, 1.82) is 5.26 Å². The summed E-state index contributed by atoms with van der Waals surface area (Å²) in [6.07, 6.45) is 1.38. The molecule has 25 heavy (non-hydrogen) atoms. The molecule has 1 aromatic carbocycles. The largest absolute Gasteiger partial charge is 0.345 e. The van der Waals surface area contributed by atoms with Crippen molar-refractivity contribution in [2.75, 3.05) is 10.6 Å². The van der Waals surface area contributed by atoms with E-state index in [2.05, 4.69) is 29.5 Å². The van der Waals surface area contributed by atoms with Gasteiger partial charge in [-0.1, -0.05) is 38.1 Å². The van der Waals surface area contributed by atoms with Gasteiger partial charge in [0.1, 0.15) is 17.5 Å². The van der Waals surface area contributed by atoms with Gasteiger partial charge in [0.25, 0.3) is 5.91 Å². The van der Waals surface area contributed by atoms with Crippen LogP contribution in [0.3, 0.4) is 0 Å². The number of nitrogens with zero attached hydrogens (tertiary/aromatic N) is 2. The van der Waals surface area contributed by atoms with Gasteiger partial charge >= 0.3 is 0 Å². The highest BCUT2D eigenvalue weighted by Crippen LogP contribution is 2.27. The number of aromatic nitrogens is 1. The second-order valence-electron chi connectivity index (χ2n) is 6.13. The van der Waals surface area contributed by atoms with Gasteiger partial charge < -0.3 is 10.6 Å². The van der Waals surface area contributed by atoms with Gasteiger partial charge in [-0.05, 0) is 43.0 Å². The van der Waals surface area contributed by atoms with Crippen molar-refractivity contribution in [2.24, 2.45) is 0 Å². The smallest absolute Gasteiger partial charge is 0.267 e. The van der Waals surface area contributed by atoms with Crippen LogP contribution in [0.4, 0.5) is 11.5 Å². The van der Waals surface area contributed by atoms with Crippen LogP contribution in [-0.4, -0.2) is 10.9 Å². The van der Waals surface area contributed by atoms with Gasteiger partial charge in [-0.15, -0.1) is 0 Å². The van der Waals surface area contributed by atoms with Gasteiger partial charge in [0.2, 0.25) is 0 Å². The van der Waals surface area contributed by atoms with Gasteiger partial charge in [-0.3, -0.25) is 4.79 Å². The highest BCUT2D eigenvalue weighted by Gasteiger charge is 2.15. The number of nitriles is 1. The zero-order chi connectivity index (χ0) is 18.4. The lowest BCUT2D eigenvalue weighted by atomic mass is 9.98. The predicted molar refractivity (Wildman–Crippen MR) is 100 cm³/mol. The summed E-state index contributed by atoms with van der Waals surface area (Å²) >= 11 is 0. The molecule has 0 fully saturated rings. The lowest BCUT2D eigenvalue weighted by molar-refractivity contribution is -0.112. The number of hydrogen-bond donors (Lipinski definition) is 2. The van der Waals surface area contributed by atoms with Crippen molar-refractivity contribution in [2.45, 2.75) is 33.6 Å². The molecule has 0 saturated heterocycles. The van der Waals surface area contributed by atoms with E-state index in [0.717, 1.165) is 22.5 Å². The molecule has 1 amide bonds. The van der Waals surface area contributed by atoms with Crippen LogP contribution in [0.2, 0.25) is 0 Å². The lowest BCUT2D eigenvalue weighted by Crippen LogP contribution is -2.17. The van der Waals surface area contributed by atoms with Gasteiger partial charge in [0.05, 0.1) is 0 Å². The van der Waals surface area contributed by atoms with Crippen LogP contribution in [0.25, 0.3) is 0 Å². The Bertz CT molecular complexity index is 847. The molecule has 2 aromatic rings. The Morgan fingerprint density at radius 3 is 2.56 bits per heavy atom. The third-order valence-electron chi connectivity index (χ3n) is 3.78. The van der Waals surface area contributed by atoms with Crippen LogP contribution in [0.1, 0.15) is 36.6 Å². The number of hydrogen-bond acceptors (Lipinski definition) is 4. The van der Waals surface area contributed by atoms with E-state index in [-0.39, 0.29) is 11.5 Å². The molecule has 1 heterocycles. The summed E-state index contributed by atoms with van der Waals surface area (Å²) < 4.78 is 0. The minimum Gasteiger partial charge on any atom is -0.345 e. The maximum Gasteiger partial charge on any atom is 0.267 e. The van der Waals surface area contributed by atoms with Crippen LogP contribution < -0.4 is 10.6 Å². The van der Waals surface area contributed by atoms with Crippen molar-refractivity contribution >= 4 is 17.4 Å². The van der Waals surface area contributed by atoms with E-state index in [1.165, 1.54) is 6.20 Å². The molecule has 0 aliphatic heterocycles. The zero-order valence-corrected chi connectivity index (χ0v) is 14.9. The number of aryl methyl sites for hydroxylation is 2. The lowest BCUT2D eigenvalue weighted by Gasteiger charge is -2.16. The van der Waals surface area contributed by atoms with Crippen LogP contribution >= 0.6 is 0 Å². The van der Waals surface area contributed by atoms with E-state index in [0.29, 0.717) is 5.82 Å². The molecule has 0 aliphatic carbocycles. The predicted octanol–water partition coefficient (Wildman–Crippen LogP) is 4.28. The molecule has 0 atom stereocenters. The molecule has 0 aliphatic rings. The molecule has 5 heteroatoms. The Morgan fingerprint density at radius 1 is 1.20 bits per heavy atom. The Kier molecular flexibility index (Phi) is 5.91. The normalized spacial score (nSPS) is 11.1. The number of para-hydroxylation sites is 1. The third-order valence-corrected chi connectivity index (χ3v) is 3.78. The SMILES string of the molecule is Cc1cccc(N/C=C(/C#N)C(=O)Nc2c(C)cccc2C(C)C)n1. The highest BCUT2D eigenvalue weighted by molar-refractivity contribution is 6.07. The summed E-state index contributed by atoms with van der Waals surface area (Å²) in [5, 5.41) is 15.1. The van der Waals surface area contributed by atoms with E-state index in [9.17, 15) is 10.1 Å². The van der Waals surface area contributed by atoms with Gasteiger partial charge in [0.15, 0.2) is 0 Å². The van der Waals surface area contributed by atoms with Crippen molar-refractivity contribution in [1.82, 2.24) is 4.98 Å². The molecule has 0 bridgehead atoms. The average molecular weight is 334 g/mol. The summed E-state index contributed by atoms with van der Waals surface area (Å²) in [4.78, 5) is 16.8. The minimum atomic E-state index is -0.446. The number of amides is 1. The molecule has 0 unspecified atom stereocenters. The van der Waals surface area contributed by atoms with Gasteiger partial charge in [-0.25, -0.2) is 4.98 Å². The second-order valence-corrected chi connectivity index (χ2v) is 6.13. The molecule has 0 saturated carbocycles. The topological polar surface area (TPSA) is 77.8 Å². The first-order valence-electron chi connectivity index (χ1n) is 8.13. The molecule has 2 N–H and O–H groups in total. The fourth-order valence-corrected chi connectivity index (χ4v) is 2.44. The molecule has 0 radical (unpaired) electrons. The molecular weight excluding hydrogens is 312 g/mol. The molecule has 128 valence electrons. The van der Waals surface area contributed by atoms with E-state index in [1.807, 2.05) is 50.2 Å². The monoisotopic (exact) mass is 334 g/mol. The van der Waals surface area contributed by atoms with Gasteiger partial charge in [-0.2, -0.15) is 5.26 Å². The molecule has 0 spiro atoms. The first kappa shape index (κ1) is 18.2. The number of pyridine rings is 1. The number of nitrogens with one attached hydrogen (secondary N) is 2. The van der Waals surface area contributed by atoms with E-state index >= 15 is 0 Å². The Labute approximate surface area is 148 Å². The van der Waals surface area contributed by atoms with Crippen molar-refractivity contribution in [3.63, 3.8) is 0 Å². The number of carbonyl (C=O) groups is 1. The summed E-state index contributed by atoms with van der Waals surface area (Å²) in [6, 6.07) is 13.3. The minimum absolute atomic E-state index is 0.0127. The fourth-order valence-electron chi connectivity index (χ4n) is 2.44. The molecule has 2 rings (SSSR count). The van der Waals surface area contributed by atoms with Crippen molar-refractivity contribution < 1.29 is 4.79 Å². The standard InChI is InChI=1S/C20H22N4O/c1-13(2)17-9-5-7-14(3)19(17)24-20(25)16(11-21)12-22-18-10-6-8-15(4)23-18/h5-10,12-13H,1-4H3,(H,22,23)(H,24,25)/b16-12-. The number of benzene rings is 1. The highest BCUT2D eigenvalue weighted by atomic mass is 16.1. The summed E-state index contributed by atoms with van der Waals surface area (Å²) in [5.41, 5.74) is 3.60. The van der Waals surface area contributed by atoms with Crippen molar-refractivity contribution in [3.8, 4) is 6.07 Å². The van der Waals surface area contributed by atoms with Crippen LogP contribution in [-0.2, 0) is 4.79 Å². The first-order valence-corrected chi connectivity index (χ1v) is 8.13.